The molecule has 1 N–H and O–H groups in total. The number of benzene rings is 1. The van der Waals surface area contributed by atoms with E-state index in [1.165, 1.54) is 0 Å². The third kappa shape index (κ3) is 2.59. The predicted octanol–water partition coefficient (Wildman–Crippen LogP) is 1.68. The molecule has 0 heterocycles. The van der Waals surface area contributed by atoms with Gasteiger partial charge in [-0.2, -0.15) is 0 Å². The minimum atomic E-state index is -0.685. The molecule has 0 saturated carbocycles. The van der Waals surface area contributed by atoms with E-state index in [4.69, 9.17) is 5.73 Å². The topological polar surface area (TPSA) is 40.9 Å². The molecule has 1 aromatic rings. The summed E-state index contributed by atoms with van der Waals surface area (Å²) in [5.41, 5.74) is 6.97. The number of carbonyl (C=O) groups is 1. The molecule has 1 amide bonds. The molecular weight excluding hydrogens is 203 g/mol. The standard InChI is InChI=1S/C7H6NO.Y/c8-7(9)6-4-2-1-3-5-6;/h1-4H,(H2,8,9);/q-1;/p-1. The van der Waals surface area contributed by atoms with Crippen LogP contribution < -0.4 is 0 Å². The molecule has 3 heteroatoms. The van der Waals surface area contributed by atoms with Gasteiger partial charge in [-0.15, -0.1) is 35.9 Å². The molecule has 10 heavy (non-hydrogen) atoms. The van der Waals surface area contributed by atoms with Crippen molar-refractivity contribution in [2.24, 2.45) is 0 Å². The molecule has 0 aromatic heterocycles. The molecule has 0 saturated heterocycles. The fourth-order valence-corrected chi connectivity index (χ4v) is 0.535. The van der Waals surface area contributed by atoms with Crippen LogP contribution in [0.2, 0.25) is 0 Å². The summed E-state index contributed by atoms with van der Waals surface area (Å²) in [5, 5.41) is 0. The summed E-state index contributed by atoms with van der Waals surface area (Å²) in [6.45, 7) is 0. The second-order valence-electron chi connectivity index (χ2n) is 1.61. The summed E-state index contributed by atoms with van der Waals surface area (Å²) in [7, 11) is 0. The number of carbonyl (C=O) groups excluding carboxylic acids is 1. The van der Waals surface area contributed by atoms with E-state index in [9.17, 15) is 4.79 Å². The van der Waals surface area contributed by atoms with E-state index in [-0.39, 0.29) is 32.7 Å². The largest absolute Gasteiger partial charge is 0.709 e. The summed E-state index contributed by atoms with van der Waals surface area (Å²) < 4.78 is 0. The molecule has 1 aromatic carbocycles. The summed E-state index contributed by atoms with van der Waals surface area (Å²) in [6.07, 6.45) is 0. The smallest absolute Gasteiger partial charge is 0 e. The number of hydrogen-bond acceptors (Lipinski definition) is 1. The number of rotatable bonds is 1. The molecule has 0 aliphatic rings. The summed E-state index contributed by atoms with van der Waals surface area (Å²) in [5.74, 6) is -0.685. The third-order valence-corrected chi connectivity index (χ3v) is 0.954. The van der Waals surface area contributed by atoms with Crippen molar-refractivity contribution >= 4 is 5.91 Å². The van der Waals surface area contributed by atoms with E-state index in [2.05, 4.69) is 6.07 Å². The zero-order valence-electron chi connectivity index (χ0n) is 5.29. The monoisotopic (exact) mass is 208 g/mol. The maximum atomic E-state index is 10.3. The van der Waals surface area contributed by atoms with E-state index < -0.39 is 5.91 Å². The van der Waals surface area contributed by atoms with Gasteiger partial charge in [-0.25, -0.2) is 0 Å². The van der Waals surface area contributed by atoms with Crippen LogP contribution in [-0.4, -0.2) is 5.91 Å². The Balaban J connectivity index is 0.000000810. The van der Waals surface area contributed by atoms with Crippen LogP contribution in [0.15, 0.2) is 24.3 Å². The van der Waals surface area contributed by atoms with Crippen molar-refractivity contribution in [3.63, 3.8) is 0 Å². The van der Waals surface area contributed by atoms with Gasteiger partial charge < -0.3 is 10.5 Å². The molecule has 0 bridgehead atoms. The molecule has 0 spiro atoms. The quantitative estimate of drug-likeness (QED) is 0.647. The Hall–Kier alpha value is -0.206. The maximum Gasteiger partial charge on any atom is 0 e. The van der Waals surface area contributed by atoms with Crippen LogP contribution in [-0.2, 0) is 32.7 Å². The van der Waals surface area contributed by atoms with Gasteiger partial charge in [-0.1, -0.05) is 0 Å². The Morgan fingerprint density at radius 3 is 2.50 bits per heavy atom. The van der Waals surface area contributed by atoms with Gasteiger partial charge in [0.05, 0.1) is 0 Å². The SMILES string of the molecule is [NH-]C(=O)c1[c-]cccc1.[Y]. The van der Waals surface area contributed by atoms with Crippen LogP contribution in [0.3, 0.4) is 0 Å². The molecule has 2 nitrogen and oxygen atoms in total. The Kier molecular flexibility index (Phi) is 4.49. The van der Waals surface area contributed by atoms with Gasteiger partial charge in [0.2, 0.25) is 0 Å². The van der Waals surface area contributed by atoms with Gasteiger partial charge in [0.1, 0.15) is 0 Å². The fourth-order valence-electron chi connectivity index (χ4n) is 0.535. The molecule has 0 aliphatic carbocycles. The first-order chi connectivity index (χ1) is 4.30. The van der Waals surface area contributed by atoms with Crippen molar-refractivity contribution in [3.05, 3.63) is 41.6 Å². The minimum absolute atomic E-state index is 0. The molecule has 49 valence electrons. The Morgan fingerprint density at radius 1 is 1.50 bits per heavy atom. The Morgan fingerprint density at radius 2 is 2.20 bits per heavy atom. The summed E-state index contributed by atoms with van der Waals surface area (Å²) >= 11 is 0. The van der Waals surface area contributed by atoms with Crippen molar-refractivity contribution in [2.45, 2.75) is 0 Å². The first-order valence-electron chi connectivity index (χ1n) is 2.53. The van der Waals surface area contributed by atoms with Gasteiger partial charge in [-0.05, 0) is 5.91 Å². The Bertz CT molecular complexity index is 210. The molecule has 0 aliphatic heterocycles. The van der Waals surface area contributed by atoms with Gasteiger partial charge in [0, 0.05) is 32.7 Å². The summed E-state index contributed by atoms with van der Waals surface area (Å²) in [4.78, 5) is 10.3. The van der Waals surface area contributed by atoms with Gasteiger partial charge >= 0.3 is 0 Å². The molecule has 0 unspecified atom stereocenters. The predicted molar refractivity (Wildman–Crippen MR) is 33.9 cm³/mol. The molecule has 0 atom stereocenters. The van der Waals surface area contributed by atoms with E-state index in [1.807, 2.05) is 0 Å². The fraction of sp³-hybridized carbons (Fsp3) is 0. The van der Waals surface area contributed by atoms with Gasteiger partial charge in [-0.3, -0.25) is 0 Å². The van der Waals surface area contributed by atoms with E-state index in [0.717, 1.165) is 0 Å². The molecule has 0 fully saturated rings. The van der Waals surface area contributed by atoms with Crippen molar-refractivity contribution in [1.29, 1.82) is 0 Å². The first-order valence-corrected chi connectivity index (χ1v) is 2.53. The normalized spacial score (nSPS) is 8.00. The number of amides is 1. The number of hydrogen-bond donors (Lipinski definition) is 0. The van der Waals surface area contributed by atoms with E-state index in [1.54, 1.807) is 24.3 Å². The average molecular weight is 208 g/mol. The molecular formula is C7H5NOY-2. The Labute approximate surface area is 84.7 Å². The van der Waals surface area contributed by atoms with E-state index >= 15 is 0 Å². The molecule has 1 radical (unpaired) electrons. The van der Waals surface area contributed by atoms with Crippen LogP contribution in [0.25, 0.3) is 5.73 Å². The molecule has 1 rings (SSSR count). The van der Waals surface area contributed by atoms with E-state index in [0.29, 0.717) is 5.56 Å². The van der Waals surface area contributed by atoms with Crippen LogP contribution in [0.1, 0.15) is 10.4 Å². The first kappa shape index (κ1) is 9.79. The van der Waals surface area contributed by atoms with Crippen molar-refractivity contribution in [3.8, 4) is 0 Å². The van der Waals surface area contributed by atoms with Crippen LogP contribution >= 0.6 is 0 Å². The van der Waals surface area contributed by atoms with Crippen molar-refractivity contribution < 1.29 is 37.5 Å². The second kappa shape index (κ2) is 4.58. The van der Waals surface area contributed by atoms with Crippen LogP contribution in [0.5, 0.6) is 0 Å². The number of nitrogens with one attached hydrogen (secondary N) is 1. The minimum Gasteiger partial charge on any atom is -0.709 e. The average Bonchev–Trinajstić information content (AvgIpc) is 1.90. The van der Waals surface area contributed by atoms with Gasteiger partial charge in [0.15, 0.2) is 0 Å². The van der Waals surface area contributed by atoms with Crippen LogP contribution in [0, 0.1) is 6.07 Å². The zero-order valence-corrected chi connectivity index (χ0v) is 8.13. The third-order valence-electron chi connectivity index (χ3n) is 0.954. The van der Waals surface area contributed by atoms with Crippen LogP contribution in [0.4, 0.5) is 0 Å². The maximum absolute atomic E-state index is 10.3. The second-order valence-corrected chi connectivity index (χ2v) is 1.61. The zero-order chi connectivity index (χ0) is 6.69. The summed E-state index contributed by atoms with van der Waals surface area (Å²) in [6, 6.07) is 9.27. The van der Waals surface area contributed by atoms with Crippen molar-refractivity contribution in [1.82, 2.24) is 0 Å². The van der Waals surface area contributed by atoms with Crippen molar-refractivity contribution in [2.75, 3.05) is 0 Å². The van der Waals surface area contributed by atoms with Gasteiger partial charge in [0.25, 0.3) is 0 Å².